The lowest BCUT2D eigenvalue weighted by Gasteiger charge is -2.33. The fourth-order valence-corrected chi connectivity index (χ4v) is 1.77. The molecule has 5 heteroatoms. The Balaban J connectivity index is 3.06. The van der Waals surface area contributed by atoms with Crippen LogP contribution in [0.4, 0.5) is 5.82 Å². The molecular formula is C14H26N4O. The number of hydrogen-bond acceptors (Lipinski definition) is 4. The Morgan fingerprint density at radius 3 is 2.53 bits per heavy atom. The summed E-state index contributed by atoms with van der Waals surface area (Å²) < 4.78 is 1.69. The van der Waals surface area contributed by atoms with Crippen molar-refractivity contribution >= 4 is 5.82 Å². The van der Waals surface area contributed by atoms with Gasteiger partial charge in [-0.25, -0.2) is 4.98 Å². The predicted molar refractivity (Wildman–Crippen MR) is 79.3 cm³/mol. The minimum absolute atomic E-state index is 0.0866. The highest BCUT2D eigenvalue weighted by atomic mass is 16.1. The van der Waals surface area contributed by atoms with E-state index in [1.54, 1.807) is 17.0 Å². The summed E-state index contributed by atoms with van der Waals surface area (Å²) in [5.74, 6) is 1.10. The van der Waals surface area contributed by atoms with Crippen LogP contribution < -0.4 is 16.6 Å². The van der Waals surface area contributed by atoms with Gasteiger partial charge in [0.25, 0.3) is 5.56 Å². The largest absolute Gasteiger partial charge is 0.359 e. The maximum atomic E-state index is 12.3. The zero-order valence-corrected chi connectivity index (χ0v) is 12.6. The van der Waals surface area contributed by atoms with Crippen molar-refractivity contribution < 1.29 is 0 Å². The van der Waals surface area contributed by atoms with E-state index >= 15 is 0 Å². The van der Waals surface area contributed by atoms with Gasteiger partial charge in [0, 0.05) is 25.5 Å². The molecule has 3 N–H and O–H groups in total. The lowest BCUT2D eigenvalue weighted by molar-refractivity contribution is 0.380. The minimum atomic E-state index is -0.330. The monoisotopic (exact) mass is 266 g/mol. The van der Waals surface area contributed by atoms with Crippen molar-refractivity contribution in [3.05, 3.63) is 22.7 Å². The molecule has 1 aromatic heterocycles. The third-order valence-corrected chi connectivity index (χ3v) is 3.58. The lowest BCUT2D eigenvalue weighted by Crippen LogP contribution is -2.48. The molecule has 1 rings (SSSR count). The summed E-state index contributed by atoms with van der Waals surface area (Å²) in [7, 11) is 0. The number of nitrogens with one attached hydrogen (secondary N) is 1. The smallest absolute Gasteiger partial charge is 0.293 e. The Bertz CT molecular complexity index is 467. The van der Waals surface area contributed by atoms with Crippen molar-refractivity contribution in [3.8, 4) is 0 Å². The van der Waals surface area contributed by atoms with Crippen LogP contribution in [0.5, 0.6) is 0 Å². The molecule has 108 valence electrons. The summed E-state index contributed by atoms with van der Waals surface area (Å²) >= 11 is 0. The fraction of sp³-hybridized carbons (Fsp3) is 0.714. The zero-order valence-electron chi connectivity index (χ0n) is 12.6. The third-order valence-electron chi connectivity index (χ3n) is 3.58. The first kappa shape index (κ1) is 15.7. The molecule has 0 saturated carbocycles. The molecule has 0 aromatic carbocycles. The molecule has 19 heavy (non-hydrogen) atoms. The maximum absolute atomic E-state index is 12.3. The summed E-state index contributed by atoms with van der Waals surface area (Å²) in [4.78, 5) is 16.5. The number of anilines is 1. The van der Waals surface area contributed by atoms with Gasteiger partial charge in [0.1, 0.15) is 0 Å². The van der Waals surface area contributed by atoms with Gasteiger partial charge in [0.05, 0.1) is 5.54 Å². The van der Waals surface area contributed by atoms with E-state index in [0.717, 1.165) is 0 Å². The molecule has 0 fully saturated rings. The van der Waals surface area contributed by atoms with E-state index in [-0.39, 0.29) is 11.1 Å². The lowest BCUT2D eigenvalue weighted by atomic mass is 9.88. The van der Waals surface area contributed by atoms with Gasteiger partial charge in [-0.15, -0.1) is 0 Å². The average Bonchev–Trinajstić information content (AvgIpc) is 2.33. The molecule has 1 heterocycles. The van der Waals surface area contributed by atoms with Crippen LogP contribution in [0, 0.1) is 11.8 Å². The van der Waals surface area contributed by atoms with Crippen LogP contribution in [0.3, 0.4) is 0 Å². The van der Waals surface area contributed by atoms with Crippen LogP contribution in [-0.2, 0) is 6.54 Å². The molecule has 0 aliphatic rings. The molecule has 1 atom stereocenters. The quantitative estimate of drug-likeness (QED) is 0.821. The topological polar surface area (TPSA) is 72.9 Å². The van der Waals surface area contributed by atoms with Crippen molar-refractivity contribution in [3.63, 3.8) is 0 Å². The average molecular weight is 266 g/mol. The van der Waals surface area contributed by atoms with Crippen LogP contribution in [0.2, 0.25) is 0 Å². The molecule has 0 aliphatic carbocycles. The standard InChI is InChI=1S/C14H26N4O/c1-10(2)8-18-7-6-16-12(13(18)19)17-14(5,9-15)11(3)4/h6-7,10-11H,8-9,15H2,1-5H3,(H,16,17). The van der Waals surface area contributed by atoms with E-state index in [0.29, 0.717) is 30.7 Å². The molecule has 0 amide bonds. The summed E-state index contributed by atoms with van der Waals surface area (Å²) in [5, 5.41) is 3.22. The van der Waals surface area contributed by atoms with E-state index in [9.17, 15) is 4.79 Å². The molecule has 0 bridgehead atoms. The van der Waals surface area contributed by atoms with Crippen molar-refractivity contribution in [2.45, 2.75) is 46.7 Å². The van der Waals surface area contributed by atoms with Gasteiger partial charge >= 0.3 is 0 Å². The zero-order chi connectivity index (χ0) is 14.6. The maximum Gasteiger partial charge on any atom is 0.293 e. The number of rotatable bonds is 6. The summed E-state index contributed by atoms with van der Waals surface area (Å²) in [6.45, 7) is 11.5. The first-order valence-corrected chi connectivity index (χ1v) is 6.84. The van der Waals surface area contributed by atoms with E-state index in [1.807, 2.05) is 6.92 Å². The van der Waals surface area contributed by atoms with Crippen molar-refractivity contribution in [1.82, 2.24) is 9.55 Å². The Kier molecular flexibility index (Phi) is 5.11. The summed E-state index contributed by atoms with van der Waals surface area (Å²) in [6.07, 6.45) is 3.38. The second-order valence-corrected chi connectivity index (χ2v) is 6.03. The van der Waals surface area contributed by atoms with Crippen LogP contribution in [0.25, 0.3) is 0 Å². The minimum Gasteiger partial charge on any atom is -0.359 e. The second-order valence-electron chi connectivity index (χ2n) is 6.03. The van der Waals surface area contributed by atoms with Crippen LogP contribution >= 0.6 is 0 Å². The Hall–Kier alpha value is -1.36. The van der Waals surface area contributed by atoms with Gasteiger partial charge in [-0.2, -0.15) is 0 Å². The van der Waals surface area contributed by atoms with Gasteiger partial charge in [0.15, 0.2) is 5.82 Å². The molecule has 0 saturated heterocycles. The first-order valence-electron chi connectivity index (χ1n) is 6.84. The molecule has 5 nitrogen and oxygen atoms in total. The van der Waals surface area contributed by atoms with Gasteiger partial charge in [-0.3, -0.25) is 4.79 Å². The van der Waals surface area contributed by atoms with Crippen molar-refractivity contribution in [2.24, 2.45) is 17.6 Å². The third kappa shape index (κ3) is 3.80. The van der Waals surface area contributed by atoms with Gasteiger partial charge in [-0.1, -0.05) is 27.7 Å². The SMILES string of the molecule is CC(C)Cn1ccnc(NC(C)(CN)C(C)C)c1=O. The molecule has 0 aliphatic heterocycles. The highest BCUT2D eigenvalue weighted by Crippen LogP contribution is 2.18. The highest BCUT2D eigenvalue weighted by molar-refractivity contribution is 5.35. The highest BCUT2D eigenvalue weighted by Gasteiger charge is 2.28. The Labute approximate surface area is 115 Å². The number of hydrogen-bond donors (Lipinski definition) is 2. The van der Waals surface area contributed by atoms with Gasteiger partial charge in [0.2, 0.25) is 0 Å². The first-order chi connectivity index (χ1) is 8.80. The molecule has 1 aromatic rings. The molecule has 0 spiro atoms. The van der Waals surface area contributed by atoms with Crippen molar-refractivity contribution in [2.75, 3.05) is 11.9 Å². The van der Waals surface area contributed by atoms with Crippen LogP contribution in [0.15, 0.2) is 17.2 Å². The van der Waals surface area contributed by atoms with E-state index in [2.05, 4.69) is 38.0 Å². The Morgan fingerprint density at radius 1 is 1.42 bits per heavy atom. The molecule has 1 unspecified atom stereocenters. The van der Waals surface area contributed by atoms with E-state index < -0.39 is 0 Å². The number of nitrogens with zero attached hydrogens (tertiary/aromatic N) is 2. The number of nitrogens with two attached hydrogens (primary N) is 1. The fourth-order valence-electron chi connectivity index (χ4n) is 1.77. The Morgan fingerprint density at radius 2 is 2.05 bits per heavy atom. The van der Waals surface area contributed by atoms with Crippen molar-refractivity contribution in [1.29, 1.82) is 0 Å². The summed E-state index contributed by atoms with van der Waals surface area (Å²) in [5.41, 5.74) is 5.41. The van der Waals surface area contributed by atoms with Crippen LogP contribution in [0.1, 0.15) is 34.6 Å². The van der Waals surface area contributed by atoms with Crippen LogP contribution in [-0.4, -0.2) is 21.6 Å². The molecule has 0 radical (unpaired) electrons. The molecular weight excluding hydrogens is 240 g/mol. The van der Waals surface area contributed by atoms with E-state index in [4.69, 9.17) is 5.73 Å². The van der Waals surface area contributed by atoms with Gasteiger partial charge < -0.3 is 15.6 Å². The number of aromatic nitrogens is 2. The van der Waals surface area contributed by atoms with E-state index in [1.165, 1.54) is 0 Å². The normalized spacial score (nSPS) is 14.7. The summed E-state index contributed by atoms with van der Waals surface area (Å²) in [6, 6.07) is 0. The predicted octanol–water partition coefficient (Wildman–Crippen LogP) is 1.68. The van der Waals surface area contributed by atoms with Gasteiger partial charge in [-0.05, 0) is 18.8 Å². The second kappa shape index (κ2) is 6.19.